The molecule has 108 valence electrons. The van der Waals surface area contributed by atoms with Crippen LogP contribution in [0, 0.1) is 10.5 Å². The van der Waals surface area contributed by atoms with Crippen molar-refractivity contribution in [2.24, 2.45) is 0 Å². The quantitative estimate of drug-likeness (QED) is 0.672. The number of hydrogen-bond donors (Lipinski definition) is 2. The van der Waals surface area contributed by atoms with E-state index in [-0.39, 0.29) is 17.2 Å². The molecule has 1 amide bonds. The van der Waals surface area contributed by atoms with Crippen LogP contribution in [0.2, 0.25) is 0 Å². The molecule has 21 heavy (non-hydrogen) atoms. The van der Waals surface area contributed by atoms with Crippen LogP contribution in [0.1, 0.15) is 26.3 Å². The molecule has 4 nitrogen and oxygen atoms in total. The normalized spacial score (nSPS) is 10.2. The number of carbonyl (C=O) groups is 2. The average molecular weight is 460 g/mol. The fourth-order valence-corrected chi connectivity index (χ4v) is 2.52. The minimum Gasteiger partial charge on any atom is -0.478 e. The van der Waals surface area contributed by atoms with Gasteiger partial charge in [-0.05, 0) is 71.5 Å². The van der Waals surface area contributed by atoms with Crippen LogP contribution in [0.5, 0.6) is 0 Å². The highest BCUT2D eigenvalue weighted by Crippen LogP contribution is 2.21. The van der Waals surface area contributed by atoms with Gasteiger partial charge in [-0.15, -0.1) is 0 Å². The van der Waals surface area contributed by atoms with Gasteiger partial charge in [0.1, 0.15) is 0 Å². The van der Waals surface area contributed by atoms with E-state index in [4.69, 9.17) is 0 Å². The second-order valence-corrected chi connectivity index (χ2v) is 6.51. The van der Waals surface area contributed by atoms with Crippen molar-refractivity contribution in [3.05, 3.63) is 61.1 Å². The zero-order valence-electron chi connectivity index (χ0n) is 11.0. The largest absolute Gasteiger partial charge is 0.478 e. The monoisotopic (exact) mass is 459 g/mol. The van der Waals surface area contributed by atoms with Crippen molar-refractivity contribution in [2.45, 2.75) is 6.92 Å². The lowest BCUT2D eigenvalue weighted by Gasteiger charge is -2.10. The van der Waals surface area contributed by atoms with Gasteiger partial charge in [-0.25, -0.2) is 4.79 Å². The maximum Gasteiger partial charge on any atom is 0.337 e. The molecule has 0 saturated carbocycles. The number of hydrogen-bond acceptors (Lipinski definition) is 2. The van der Waals surface area contributed by atoms with Crippen molar-refractivity contribution in [1.29, 1.82) is 0 Å². The Morgan fingerprint density at radius 2 is 1.90 bits per heavy atom. The molecule has 0 aliphatic heterocycles. The molecule has 2 aromatic carbocycles. The van der Waals surface area contributed by atoms with Gasteiger partial charge in [0.25, 0.3) is 5.91 Å². The zero-order valence-corrected chi connectivity index (χ0v) is 14.7. The molecule has 0 fully saturated rings. The fraction of sp³-hybridized carbons (Fsp3) is 0.0667. The number of rotatable bonds is 3. The number of nitrogens with one attached hydrogen (secondary N) is 1. The van der Waals surface area contributed by atoms with Gasteiger partial charge in [0, 0.05) is 13.6 Å². The lowest BCUT2D eigenvalue weighted by Crippen LogP contribution is -2.15. The smallest absolute Gasteiger partial charge is 0.337 e. The Bertz CT molecular complexity index is 731. The van der Waals surface area contributed by atoms with E-state index in [9.17, 15) is 14.7 Å². The molecular weight excluding hydrogens is 449 g/mol. The first-order valence-electron chi connectivity index (χ1n) is 5.99. The average Bonchev–Trinajstić information content (AvgIpc) is 2.43. The second-order valence-electron chi connectivity index (χ2n) is 4.41. The Balaban J connectivity index is 2.31. The highest BCUT2D eigenvalue weighted by molar-refractivity contribution is 14.1. The fourth-order valence-electron chi connectivity index (χ4n) is 1.78. The van der Waals surface area contributed by atoms with Gasteiger partial charge < -0.3 is 10.4 Å². The first-order valence-corrected chi connectivity index (χ1v) is 7.86. The van der Waals surface area contributed by atoms with Crippen LogP contribution >= 0.6 is 38.5 Å². The standard InChI is InChI=1S/C15H11BrINO3/c1-8-6-9(2-4-12(8)16)14(19)18-13-5-3-10(17)7-11(13)15(20)21/h2-7H,1H3,(H,18,19)(H,20,21). The van der Waals surface area contributed by atoms with Crippen LogP contribution in [-0.4, -0.2) is 17.0 Å². The summed E-state index contributed by atoms with van der Waals surface area (Å²) in [6.07, 6.45) is 0. The maximum absolute atomic E-state index is 12.2. The van der Waals surface area contributed by atoms with Crippen molar-refractivity contribution in [1.82, 2.24) is 0 Å². The zero-order chi connectivity index (χ0) is 15.6. The molecule has 0 heterocycles. The number of benzene rings is 2. The Morgan fingerprint density at radius 1 is 1.19 bits per heavy atom. The molecule has 2 N–H and O–H groups in total. The molecule has 2 rings (SSSR count). The third kappa shape index (κ3) is 3.82. The van der Waals surface area contributed by atoms with Crippen LogP contribution in [-0.2, 0) is 0 Å². The molecule has 0 saturated heterocycles. The Hall–Kier alpha value is -1.41. The summed E-state index contributed by atoms with van der Waals surface area (Å²) in [7, 11) is 0. The number of carboxylic acids is 1. The number of carbonyl (C=O) groups excluding carboxylic acids is 1. The van der Waals surface area contributed by atoms with Crippen LogP contribution in [0.4, 0.5) is 5.69 Å². The third-order valence-electron chi connectivity index (χ3n) is 2.88. The summed E-state index contributed by atoms with van der Waals surface area (Å²) >= 11 is 5.40. The van der Waals surface area contributed by atoms with E-state index in [0.717, 1.165) is 13.6 Å². The molecule has 0 atom stereocenters. The van der Waals surface area contributed by atoms with Gasteiger partial charge in [-0.3, -0.25) is 4.79 Å². The summed E-state index contributed by atoms with van der Waals surface area (Å²) in [4.78, 5) is 23.4. The number of halogens is 2. The summed E-state index contributed by atoms with van der Waals surface area (Å²) < 4.78 is 1.71. The van der Waals surface area contributed by atoms with Crippen molar-refractivity contribution < 1.29 is 14.7 Å². The van der Waals surface area contributed by atoms with Crippen LogP contribution in [0.15, 0.2) is 40.9 Å². The SMILES string of the molecule is Cc1cc(C(=O)Nc2ccc(I)cc2C(=O)O)ccc1Br. The predicted molar refractivity (Wildman–Crippen MR) is 93.0 cm³/mol. The summed E-state index contributed by atoms with van der Waals surface area (Å²) in [5.41, 5.74) is 1.77. The van der Waals surface area contributed by atoms with E-state index in [2.05, 4.69) is 21.2 Å². The summed E-state index contributed by atoms with van der Waals surface area (Å²) in [6, 6.07) is 10.1. The molecule has 2 aromatic rings. The molecule has 0 unspecified atom stereocenters. The molecule has 0 spiro atoms. The van der Waals surface area contributed by atoms with Crippen molar-refractivity contribution in [3.63, 3.8) is 0 Å². The molecule has 0 aliphatic rings. The second kappa shape index (κ2) is 6.57. The molecule has 0 radical (unpaired) electrons. The minimum absolute atomic E-state index is 0.0732. The van der Waals surface area contributed by atoms with Gasteiger partial charge in [-0.2, -0.15) is 0 Å². The Labute approximate surface area is 143 Å². The van der Waals surface area contributed by atoms with E-state index in [1.54, 1.807) is 30.3 Å². The first kappa shape index (κ1) is 16.0. The predicted octanol–water partition coefficient (Wildman–Crippen LogP) is 4.31. The van der Waals surface area contributed by atoms with Gasteiger partial charge in [0.05, 0.1) is 11.3 Å². The number of carboxylic acid groups (broad SMARTS) is 1. The molecule has 6 heteroatoms. The maximum atomic E-state index is 12.2. The van der Waals surface area contributed by atoms with E-state index >= 15 is 0 Å². The molecule has 0 bridgehead atoms. The first-order chi connectivity index (χ1) is 9.88. The van der Waals surface area contributed by atoms with Crippen molar-refractivity contribution in [2.75, 3.05) is 5.32 Å². The van der Waals surface area contributed by atoms with Gasteiger partial charge in [0.2, 0.25) is 0 Å². The number of anilines is 1. The lowest BCUT2D eigenvalue weighted by atomic mass is 10.1. The third-order valence-corrected chi connectivity index (χ3v) is 4.44. The molecule has 0 aliphatic carbocycles. The van der Waals surface area contributed by atoms with E-state index in [1.807, 2.05) is 29.5 Å². The van der Waals surface area contributed by atoms with E-state index in [1.165, 1.54) is 6.07 Å². The van der Waals surface area contributed by atoms with E-state index in [0.29, 0.717) is 5.56 Å². The summed E-state index contributed by atoms with van der Waals surface area (Å²) in [5.74, 6) is -1.41. The minimum atomic E-state index is -1.07. The highest BCUT2D eigenvalue weighted by atomic mass is 127. The van der Waals surface area contributed by atoms with Crippen LogP contribution in [0.25, 0.3) is 0 Å². The van der Waals surface area contributed by atoms with Gasteiger partial charge in [0.15, 0.2) is 0 Å². The van der Waals surface area contributed by atoms with Crippen LogP contribution < -0.4 is 5.32 Å². The Kier molecular flexibility index (Phi) is 5.00. The molecular formula is C15H11BrINO3. The van der Waals surface area contributed by atoms with Gasteiger partial charge in [-0.1, -0.05) is 15.9 Å². The molecule has 0 aromatic heterocycles. The number of aromatic carboxylic acids is 1. The topological polar surface area (TPSA) is 66.4 Å². The number of amides is 1. The summed E-state index contributed by atoms with van der Waals surface area (Å²) in [6.45, 7) is 1.88. The number of aryl methyl sites for hydroxylation is 1. The van der Waals surface area contributed by atoms with Gasteiger partial charge >= 0.3 is 5.97 Å². The Morgan fingerprint density at radius 3 is 2.52 bits per heavy atom. The van der Waals surface area contributed by atoms with E-state index < -0.39 is 5.97 Å². The highest BCUT2D eigenvalue weighted by Gasteiger charge is 2.14. The lowest BCUT2D eigenvalue weighted by molar-refractivity contribution is 0.0698. The summed E-state index contributed by atoms with van der Waals surface area (Å²) in [5, 5.41) is 11.8. The van der Waals surface area contributed by atoms with Crippen LogP contribution in [0.3, 0.4) is 0 Å². The van der Waals surface area contributed by atoms with Crippen molar-refractivity contribution >= 4 is 56.1 Å². The van der Waals surface area contributed by atoms with Crippen molar-refractivity contribution in [3.8, 4) is 0 Å².